The van der Waals surface area contributed by atoms with Gasteiger partial charge in [0.25, 0.3) is 5.56 Å². The second-order valence-electron chi connectivity index (χ2n) is 9.99. The molecule has 3 aromatic heterocycles. The predicted molar refractivity (Wildman–Crippen MR) is 152 cm³/mol. The van der Waals surface area contributed by atoms with E-state index in [2.05, 4.69) is 20.6 Å². The average Bonchev–Trinajstić information content (AvgIpc) is 3.46. The number of aliphatic hydroxyl groups is 1. The van der Waals surface area contributed by atoms with Crippen LogP contribution in [0, 0.1) is 0 Å². The summed E-state index contributed by atoms with van der Waals surface area (Å²) in [5.74, 6) is 0.451. The van der Waals surface area contributed by atoms with E-state index in [-0.39, 0.29) is 30.0 Å². The molecule has 42 heavy (non-hydrogen) atoms. The van der Waals surface area contributed by atoms with Gasteiger partial charge >= 0.3 is 6.18 Å². The van der Waals surface area contributed by atoms with Crippen molar-refractivity contribution in [3.05, 3.63) is 70.6 Å². The van der Waals surface area contributed by atoms with E-state index in [1.54, 1.807) is 29.3 Å². The molecule has 0 spiro atoms. The fourth-order valence-electron chi connectivity index (χ4n) is 5.41. The van der Waals surface area contributed by atoms with E-state index < -0.39 is 17.3 Å². The van der Waals surface area contributed by atoms with Crippen molar-refractivity contribution < 1.29 is 23.0 Å². The fourth-order valence-corrected chi connectivity index (χ4v) is 5.41. The van der Waals surface area contributed by atoms with E-state index in [0.717, 1.165) is 17.2 Å². The van der Waals surface area contributed by atoms with Crippen LogP contribution in [0.5, 0.6) is 5.88 Å². The Morgan fingerprint density at radius 3 is 2.52 bits per heavy atom. The second kappa shape index (κ2) is 11.1. The number of piperazine rings is 1. The first-order valence-corrected chi connectivity index (χ1v) is 13.5. The predicted octanol–water partition coefficient (Wildman–Crippen LogP) is 3.62. The Balaban J connectivity index is 1.58. The Bertz CT molecular complexity index is 1810. The van der Waals surface area contributed by atoms with Crippen LogP contribution in [-0.2, 0) is 12.7 Å². The first kappa shape index (κ1) is 27.7. The van der Waals surface area contributed by atoms with E-state index in [1.807, 2.05) is 18.2 Å². The smallest absolute Gasteiger partial charge is 0.418 e. The zero-order valence-electron chi connectivity index (χ0n) is 22.7. The third-order valence-corrected chi connectivity index (χ3v) is 7.47. The third kappa shape index (κ3) is 4.94. The third-order valence-electron chi connectivity index (χ3n) is 7.47. The summed E-state index contributed by atoms with van der Waals surface area (Å²) in [5, 5.41) is 21.5. The zero-order chi connectivity index (χ0) is 29.4. The maximum atomic E-state index is 14.3. The molecule has 2 aromatic carbocycles. The second-order valence-corrected chi connectivity index (χ2v) is 9.99. The molecule has 1 aliphatic rings. The van der Waals surface area contributed by atoms with Crippen LogP contribution in [0.2, 0.25) is 0 Å². The molecule has 1 aliphatic heterocycles. The summed E-state index contributed by atoms with van der Waals surface area (Å²) in [5.41, 5.74) is 1.41. The number of aliphatic hydroxyl groups excluding tert-OH is 1. The minimum absolute atomic E-state index is 0.0187. The van der Waals surface area contributed by atoms with Gasteiger partial charge in [-0.2, -0.15) is 13.2 Å². The number of hydrogen-bond acceptors (Lipinski definition) is 8. The van der Waals surface area contributed by atoms with Gasteiger partial charge in [-0.1, -0.05) is 11.3 Å². The Morgan fingerprint density at radius 2 is 1.83 bits per heavy atom. The summed E-state index contributed by atoms with van der Waals surface area (Å²) >= 11 is 0. The standard InChI is InChI=1S/C29H28F3N7O3/c1-42-25-8-4-19(17-34-25)18-3-6-23-21(15-18)27-26(28(41)38(23)11-2-14-40)35-36-39(27)20-5-7-24(22(16-20)29(30,31)32)37-12-9-33-10-13-37/h3-8,15-17,33,40H,2,9-14H2,1H3. The van der Waals surface area contributed by atoms with Crippen LogP contribution in [-0.4, -0.2) is 69.5 Å². The number of nitrogens with zero attached hydrogens (tertiary/aromatic N) is 6. The van der Waals surface area contributed by atoms with Crippen LogP contribution in [0.4, 0.5) is 18.9 Å². The molecule has 0 saturated carbocycles. The monoisotopic (exact) mass is 579 g/mol. The Morgan fingerprint density at radius 1 is 1.05 bits per heavy atom. The molecule has 4 heterocycles. The first-order chi connectivity index (χ1) is 20.3. The molecular formula is C29H28F3N7O3. The van der Waals surface area contributed by atoms with Crippen LogP contribution >= 0.6 is 0 Å². The van der Waals surface area contributed by atoms with Crippen LogP contribution in [0.25, 0.3) is 38.8 Å². The maximum absolute atomic E-state index is 14.3. The van der Waals surface area contributed by atoms with E-state index in [4.69, 9.17) is 4.74 Å². The van der Waals surface area contributed by atoms with Crippen LogP contribution in [0.15, 0.2) is 59.5 Å². The number of pyridine rings is 2. The quantitative estimate of drug-likeness (QED) is 0.301. The summed E-state index contributed by atoms with van der Waals surface area (Å²) in [7, 11) is 1.52. The molecule has 1 saturated heterocycles. The largest absolute Gasteiger partial charge is 0.481 e. The molecule has 10 nitrogen and oxygen atoms in total. The molecule has 2 N–H and O–H groups in total. The van der Waals surface area contributed by atoms with Gasteiger partial charge in [0.05, 0.1) is 23.9 Å². The number of nitrogens with one attached hydrogen (secondary N) is 1. The molecule has 0 unspecified atom stereocenters. The van der Waals surface area contributed by atoms with Gasteiger partial charge in [-0.3, -0.25) is 4.79 Å². The number of methoxy groups -OCH3 is 1. The van der Waals surface area contributed by atoms with Gasteiger partial charge in [0.1, 0.15) is 5.52 Å². The highest BCUT2D eigenvalue weighted by Crippen LogP contribution is 2.39. The van der Waals surface area contributed by atoms with Crippen molar-refractivity contribution in [2.75, 3.05) is 44.8 Å². The number of ether oxygens (including phenoxy) is 1. The molecular weight excluding hydrogens is 551 g/mol. The highest BCUT2D eigenvalue weighted by molar-refractivity contribution is 6.04. The van der Waals surface area contributed by atoms with Crippen molar-refractivity contribution in [1.29, 1.82) is 0 Å². The summed E-state index contributed by atoms with van der Waals surface area (Å²) in [4.78, 5) is 19.5. The first-order valence-electron chi connectivity index (χ1n) is 13.5. The molecule has 0 radical (unpaired) electrons. The number of rotatable bonds is 7. The van der Waals surface area contributed by atoms with Crippen molar-refractivity contribution in [2.24, 2.45) is 0 Å². The Labute approximate surface area is 238 Å². The topological polar surface area (TPSA) is 110 Å². The van der Waals surface area contributed by atoms with E-state index >= 15 is 0 Å². The number of benzene rings is 2. The normalized spacial score (nSPS) is 14.2. The lowest BCUT2D eigenvalue weighted by Gasteiger charge is -2.31. The molecule has 13 heteroatoms. The molecule has 0 atom stereocenters. The average molecular weight is 580 g/mol. The minimum atomic E-state index is -4.61. The number of alkyl halides is 3. The van der Waals surface area contributed by atoms with Crippen molar-refractivity contribution in [3.8, 4) is 22.7 Å². The number of aryl methyl sites for hydroxylation is 1. The molecule has 218 valence electrons. The van der Waals surface area contributed by atoms with Crippen molar-refractivity contribution in [3.63, 3.8) is 0 Å². The van der Waals surface area contributed by atoms with Crippen molar-refractivity contribution in [1.82, 2.24) is 29.9 Å². The van der Waals surface area contributed by atoms with E-state index in [1.165, 1.54) is 22.4 Å². The number of hydrogen-bond donors (Lipinski definition) is 2. The van der Waals surface area contributed by atoms with Crippen molar-refractivity contribution >= 4 is 27.6 Å². The highest BCUT2D eigenvalue weighted by Gasteiger charge is 2.36. The molecule has 5 aromatic rings. The minimum Gasteiger partial charge on any atom is -0.481 e. The van der Waals surface area contributed by atoms with Crippen molar-refractivity contribution in [2.45, 2.75) is 19.1 Å². The highest BCUT2D eigenvalue weighted by atomic mass is 19.4. The van der Waals surface area contributed by atoms with Gasteiger partial charge in [0.2, 0.25) is 5.88 Å². The lowest BCUT2D eigenvalue weighted by Crippen LogP contribution is -2.44. The van der Waals surface area contributed by atoms with Gasteiger partial charge in [0, 0.05) is 68.2 Å². The van der Waals surface area contributed by atoms with Gasteiger partial charge < -0.3 is 24.6 Å². The molecule has 0 bridgehead atoms. The maximum Gasteiger partial charge on any atom is 0.418 e. The lowest BCUT2D eigenvalue weighted by atomic mass is 10.0. The van der Waals surface area contributed by atoms with Crippen LogP contribution in [0.1, 0.15) is 12.0 Å². The van der Waals surface area contributed by atoms with Gasteiger partial charge in [-0.25, -0.2) is 9.67 Å². The van der Waals surface area contributed by atoms with Crippen LogP contribution < -0.4 is 20.5 Å². The number of fused-ring (bicyclic) bond motifs is 3. The summed E-state index contributed by atoms with van der Waals surface area (Å²) in [6.07, 6.45) is -2.62. The molecule has 0 amide bonds. The molecule has 0 aliphatic carbocycles. The van der Waals surface area contributed by atoms with E-state index in [0.29, 0.717) is 54.9 Å². The van der Waals surface area contributed by atoms with E-state index in [9.17, 15) is 23.1 Å². The number of anilines is 1. The van der Waals surface area contributed by atoms with Gasteiger partial charge in [-0.05, 0) is 48.4 Å². The Kier molecular flexibility index (Phi) is 7.29. The summed E-state index contributed by atoms with van der Waals surface area (Å²) in [6.45, 7) is 2.20. The molecule has 6 rings (SSSR count). The lowest BCUT2D eigenvalue weighted by molar-refractivity contribution is -0.137. The zero-order valence-corrected chi connectivity index (χ0v) is 22.7. The fraction of sp³-hybridized carbons (Fsp3) is 0.310. The number of aromatic nitrogens is 5. The number of halogens is 3. The summed E-state index contributed by atoms with van der Waals surface area (Å²) < 4.78 is 51.0. The molecule has 1 fully saturated rings. The Hall–Kier alpha value is -4.49. The van der Waals surface area contributed by atoms with Crippen LogP contribution in [0.3, 0.4) is 0 Å². The summed E-state index contributed by atoms with van der Waals surface area (Å²) in [6, 6.07) is 13.1. The SMILES string of the molecule is COc1ccc(-c2ccc3c(c2)c2c(nnn2-c2ccc(N4CCNCC4)c(C(F)(F)F)c2)c(=O)n3CCCO)cn1. The van der Waals surface area contributed by atoms with Gasteiger partial charge in [-0.15, -0.1) is 5.10 Å². The van der Waals surface area contributed by atoms with Gasteiger partial charge in [0.15, 0.2) is 5.52 Å².